The molecule has 0 spiro atoms. The van der Waals surface area contributed by atoms with Gasteiger partial charge in [0.1, 0.15) is 0 Å². The Hall–Kier alpha value is -1.36. The van der Waals surface area contributed by atoms with Gasteiger partial charge in [-0.25, -0.2) is 0 Å². The van der Waals surface area contributed by atoms with Gasteiger partial charge >= 0.3 is 0 Å². The predicted molar refractivity (Wildman–Crippen MR) is 66.6 cm³/mol. The Kier molecular flexibility index (Phi) is 3.47. The van der Waals surface area contributed by atoms with E-state index >= 15 is 0 Å². The molecule has 2 atom stereocenters. The van der Waals surface area contributed by atoms with E-state index in [1.165, 1.54) is 0 Å². The lowest BCUT2D eigenvalue weighted by Crippen LogP contribution is -2.45. The first-order valence-corrected chi connectivity index (χ1v) is 6.53. The fourth-order valence-electron chi connectivity index (χ4n) is 2.35. The Labute approximate surface area is 105 Å². The molecule has 0 radical (unpaired) electrons. The Morgan fingerprint density at radius 1 is 1.59 bits per heavy atom. The maximum atomic E-state index is 11.9. The number of likely N-dealkylation sites (tertiary alicyclic amines) is 1. The van der Waals surface area contributed by atoms with Gasteiger partial charge in [0.15, 0.2) is 0 Å². The molecule has 0 aromatic carbocycles. The minimum Gasteiger partial charge on any atom is -0.359 e. The molecule has 1 aliphatic heterocycles. The summed E-state index contributed by atoms with van der Waals surface area (Å²) in [6.45, 7) is 0. The SMILES string of the molecule is CNC(=O)C1CCC(=O)N(C)C1c1cccs1. The van der Waals surface area contributed by atoms with Crippen molar-refractivity contribution in [2.24, 2.45) is 5.92 Å². The van der Waals surface area contributed by atoms with Crippen LogP contribution in [0, 0.1) is 5.92 Å². The molecule has 1 aliphatic rings. The minimum absolute atomic E-state index is 0.0164. The highest BCUT2D eigenvalue weighted by Gasteiger charge is 2.38. The topological polar surface area (TPSA) is 49.4 Å². The van der Waals surface area contributed by atoms with Crippen LogP contribution in [0.1, 0.15) is 23.8 Å². The molecule has 2 unspecified atom stereocenters. The maximum Gasteiger partial charge on any atom is 0.225 e. The van der Waals surface area contributed by atoms with E-state index in [9.17, 15) is 9.59 Å². The second-order valence-electron chi connectivity index (χ2n) is 4.22. The van der Waals surface area contributed by atoms with Crippen LogP contribution in [-0.4, -0.2) is 30.8 Å². The zero-order valence-corrected chi connectivity index (χ0v) is 10.8. The van der Waals surface area contributed by atoms with Gasteiger partial charge in [0.25, 0.3) is 0 Å². The lowest BCUT2D eigenvalue weighted by Gasteiger charge is -2.37. The van der Waals surface area contributed by atoms with Crippen molar-refractivity contribution in [3.63, 3.8) is 0 Å². The van der Waals surface area contributed by atoms with Crippen molar-refractivity contribution in [2.75, 3.05) is 14.1 Å². The van der Waals surface area contributed by atoms with E-state index in [1.807, 2.05) is 17.5 Å². The highest BCUT2D eigenvalue weighted by Crippen LogP contribution is 2.37. The monoisotopic (exact) mass is 252 g/mol. The van der Waals surface area contributed by atoms with E-state index < -0.39 is 0 Å². The first-order valence-electron chi connectivity index (χ1n) is 5.65. The average molecular weight is 252 g/mol. The highest BCUT2D eigenvalue weighted by molar-refractivity contribution is 7.10. The highest BCUT2D eigenvalue weighted by atomic mass is 32.1. The summed E-state index contributed by atoms with van der Waals surface area (Å²) in [5.41, 5.74) is 0. The van der Waals surface area contributed by atoms with Crippen LogP contribution < -0.4 is 5.32 Å². The number of carbonyl (C=O) groups excluding carboxylic acids is 2. The van der Waals surface area contributed by atoms with Crippen LogP contribution in [0.25, 0.3) is 0 Å². The summed E-state index contributed by atoms with van der Waals surface area (Å²) < 4.78 is 0. The lowest BCUT2D eigenvalue weighted by molar-refractivity contribution is -0.141. The number of hydrogen-bond donors (Lipinski definition) is 1. The predicted octanol–water partition coefficient (Wildman–Crippen LogP) is 1.40. The molecule has 4 nitrogen and oxygen atoms in total. The van der Waals surface area contributed by atoms with E-state index in [1.54, 1.807) is 30.3 Å². The van der Waals surface area contributed by atoms with E-state index in [0.29, 0.717) is 12.8 Å². The number of nitrogens with one attached hydrogen (secondary N) is 1. The van der Waals surface area contributed by atoms with Crippen molar-refractivity contribution in [1.82, 2.24) is 10.2 Å². The summed E-state index contributed by atoms with van der Waals surface area (Å²) >= 11 is 1.59. The molecule has 1 N–H and O–H groups in total. The quantitative estimate of drug-likeness (QED) is 0.865. The molecule has 1 saturated heterocycles. The summed E-state index contributed by atoms with van der Waals surface area (Å²) in [5, 5.41) is 4.67. The molecule has 2 heterocycles. The van der Waals surface area contributed by atoms with Crippen LogP contribution in [0.15, 0.2) is 17.5 Å². The van der Waals surface area contributed by atoms with Crippen LogP contribution in [0.5, 0.6) is 0 Å². The number of hydrogen-bond acceptors (Lipinski definition) is 3. The van der Waals surface area contributed by atoms with Gasteiger partial charge < -0.3 is 10.2 Å². The number of carbonyl (C=O) groups is 2. The van der Waals surface area contributed by atoms with Gasteiger partial charge in [-0.3, -0.25) is 9.59 Å². The van der Waals surface area contributed by atoms with E-state index in [0.717, 1.165) is 4.88 Å². The van der Waals surface area contributed by atoms with Gasteiger partial charge in [-0.2, -0.15) is 0 Å². The summed E-state index contributed by atoms with van der Waals surface area (Å²) in [6.07, 6.45) is 1.09. The second-order valence-corrected chi connectivity index (χ2v) is 5.20. The van der Waals surface area contributed by atoms with Crippen molar-refractivity contribution < 1.29 is 9.59 Å². The van der Waals surface area contributed by atoms with Crippen molar-refractivity contribution in [2.45, 2.75) is 18.9 Å². The zero-order valence-electron chi connectivity index (χ0n) is 9.97. The van der Waals surface area contributed by atoms with Crippen molar-refractivity contribution in [3.8, 4) is 0 Å². The van der Waals surface area contributed by atoms with Crippen LogP contribution in [0.4, 0.5) is 0 Å². The molecule has 5 heteroatoms. The van der Waals surface area contributed by atoms with Crippen molar-refractivity contribution in [1.29, 1.82) is 0 Å². The molecule has 17 heavy (non-hydrogen) atoms. The molecule has 0 bridgehead atoms. The number of thiophene rings is 1. The van der Waals surface area contributed by atoms with E-state index in [2.05, 4.69) is 5.32 Å². The second kappa shape index (κ2) is 4.87. The first-order chi connectivity index (χ1) is 8.15. The Morgan fingerprint density at radius 2 is 2.35 bits per heavy atom. The zero-order chi connectivity index (χ0) is 12.4. The Balaban J connectivity index is 2.32. The third-order valence-corrected chi connectivity index (χ3v) is 4.22. The standard InChI is InChI=1S/C12H16N2O2S/c1-13-12(16)8-5-6-10(15)14(2)11(8)9-4-3-7-17-9/h3-4,7-8,11H,5-6H2,1-2H3,(H,13,16). The van der Waals surface area contributed by atoms with Gasteiger partial charge in [-0.05, 0) is 17.9 Å². The molecule has 2 rings (SSSR count). The van der Waals surface area contributed by atoms with Gasteiger partial charge in [0, 0.05) is 25.4 Å². The molecule has 1 fully saturated rings. The maximum absolute atomic E-state index is 11.9. The molecule has 1 aromatic heterocycles. The van der Waals surface area contributed by atoms with Crippen LogP contribution in [0.3, 0.4) is 0 Å². The average Bonchev–Trinajstić information content (AvgIpc) is 2.84. The number of rotatable bonds is 2. The van der Waals surface area contributed by atoms with Crippen LogP contribution >= 0.6 is 11.3 Å². The summed E-state index contributed by atoms with van der Waals surface area (Å²) in [6, 6.07) is 3.82. The largest absolute Gasteiger partial charge is 0.359 e. The van der Waals surface area contributed by atoms with Gasteiger partial charge in [0.05, 0.1) is 12.0 Å². The fourth-order valence-corrected chi connectivity index (χ4v) is 3.28. The normalized spacial score (nSPS) is 24.8. The van der Waals surface area contributed by atoms with Crippen molar-refractivity contribution >= 4 is 23.2 Å². The Bertz CT molecular complexity index is 416. The first kappa shape index (κ1) is 12.1. The third kappa shape index (κ3) is 2.20. The van der Waals surface area contributed by atoms with Crippen LogP contribution in [-0.2, 0) is 9.59 Å². The van der Waals surface area contributed by atoms with Gasteiger partial charge in [-0.15, -0.1) is 11.3 Å². The number of nitrogens with zero attached hydrogens (tertiary/aromatic N) is 1. The number of amides is 2. The van der Waals surface area contributed by atoms with E-state index in [4.69, 9.17) is 0 Å². The smallest absolute Gasteiger partial charge is 0.225 e. The van der Waals surface area contributed by atoms with Gasteiger partial charge in [0.2, 0.25) is 11.8 Å². The molecule has 1 aromatic rings. The molecular formula is C12H16N2O2S. The number of piperidine rings is 1. The van der Waals surface area contributed by atoms with Gasteiger partial charge in [-0.1, -0.05) is 6.07 Å². The summed E-state index contributed by atoms with van der Waals surface area (Å²) in [5.74, 6) is -0.00680. The van der Waals surface area contributed by atoms with E-state index in [-0.39, 0.29) is 23.8 Å². The van der Waals surface area contributed by atoms with Crippen molar-refractivity contribution in [3.05, 3.63) is 22.4 Å². The summed E-state index contributed by atoms with van der Waals surface area (Å²) in [4.78, 5) is 26.4. The molecule has 92 valence electrons. The fraction of sp³-hybridized carbons (Fsp3) is 0.500. The molecule has 0 aliphatic carbocycles. The molecular weight excluding hydrogens is 236 g/mol. The molecule has 2 amide bonds. The summed E-state index contributed by atoms with van der Waals surface area (Å²) in [7, 11) is 3.42. The van der Waals surface area contributed by atoms with Crippen LogP contribution in [0.2, 0.25) is 0 Å². The molecule has 0 saturated carbocycles. The Morgan fingerprint density at radius 3 is 2.94 bits per heavy atom. The minimum atomic E-state index is -0.138. The lowest BCUT2D eigenvalue weighted by atomic mass is 9.87. The third-order valence-electron chi connectivity index (χ3n) is 3.28.